The molecular formula is C15H20O4. The molecule has 0 aromatic heterocycles. The second-order valence-electron chi connectivity index (χ2n) is 4.62. The highest BCUT2D eigenvalue weighted by Gasteiger charge is 2.17. The monoisotopic (exact) mass is 264 g/mol. The van der Waals surface area contributed by atoms with Crippen LogP contribution in [0.25, 0.3) is 0 Å². The van der Waals surface area contributed by atoms with Crippen molar-refractivity contribution in [1.82, 2.24) is 0 Å². The fraction of sp³-hybridized carbons (Fsp3) is 0.533. The average molecular weight is 264 g/mol. The standard InChI is InChI=1S/C15H20O4/c1-17-14-5-4-12(3-2-8-16)11-15(14)19-13-6-9-18-10-7-13/h4-5,8,11,13H,2-3,6-7,9-10H2,1H3. The number of ether oxygens (including phenoxy) is 3. The normalized spacial score (nSPS) is 16.1. The Labute approximate surface area is 113 Å². The molecule has 0 unspecified atom stereocenters. The lowest BCUT2D eigenvalue weighted by molar-refractivity contribution is -0.107. The lowest BCUT2D eigenvalue weighted by Crippen LogP contribution is -2.26. The summed E-state index contributed by atoms with van der Waals surface area (Å²) in [5.41, 5.74) is 1.09. The first-order valence-corrected chi connectivity index (χ1v) is 6.68. The van der Waals surface area contributed by atoms with Crippen molar-refractivity contribution in [3.8, 4) is 11.5 Å². The van der Waals surface area contributed by atoms with Gasteiger partial charge in [0.05, 0.1) is 20.3 Å². The van der Waals surface area contributed by atoms with Crippen LogP contribution in [0.1, 0.15) is 24.8 Å². The summed E-state index contributed by atoms with van der Waals surface area (Å²) in [6.45, 7) is 1.50. The largest absolute Gasteiger partial charge is 0.493 e. The minimum absolute atomic E-state index is 0.184. The number of carbonyl (C=O) groups excluding carboxylic acids is 1. The molecular weight excluding hydrogens is 244 g/mol. The Kier molecular flexibility index (Phi) is 5.21. The first kappa shape index (κ1) is 13.9. The predicted molar refractivity (Wildman–Crippen MR) is 71.8 cm³/mol. The summed E-state index contributed by atoms with van der Waals surface area (Å²) in [4.78, 5) is 10.4. The van der Waals surface area contributed by atoms with Gasteiger partial charge in [-0.15, -0.1) is 0 Å². The Bertz CT molecular complexity index is 411. The van der Waals surface area contributed by atoms with Gasteiger partial charge in [-0.2, -0.15) is 0 Å². The summed E-state index contributed by atoms with van der Waals surface area (Å²) in [6.07, 6.45) is 4.19. The van der Waals surface area contributed by atoms with Gasteiger partial charge in [-0.3, -0.25) is 0 Å². The molecule has 1 saturated heterocycles. The zero-order valence-electron chi connectivity index (χ0n) is 11.3. The van der Waals surface area contributed by atoms with E-state index in [0.29, 0.717) is 6.42 Å². The molecule has 1 aromatic carbocycles. The molecule has 1 aliphatic rings. The number of rotatable bonds is 6. The fourth-order valence-corrected chi connectivity index (χ4v) is 2.17. The van der Waals surface area contributed by atoms with Crippen molar-refractivity contribution in [2.24, 2.45) is 0 Å². The van der Waals surface area contributed by atoms with E-state index in [2.05, 4.69) is 0 Å². The second kappa shape index (κ2) is 7.14. The van der Waals surface area contributed by atoms with Gasteiger partial charge in [0.15, 0.2) is 11.5 Å². The van der Waals surface area contributed by atoms with Gasteiger partial charge in [0.25, 0.3) is 0 Å². The van der Waals surface area contributed by atoms with Crippen molar-refractivity contribution in [3.63, 3.8) is 0 Å². The summed E-state index contributed by atoms with van der Waals surface area (Å²) in [5, 5.41) is 0. The fourth-order valence-electron chi connectivity index (χ4n) is 2.17. The molecule has 0 bridgehead atoms. The van der Waals surface area contributed by atoms with E-state index in [9.17, 15) is 4.79 Å². The Hall–Kier alpha value is -1.55. The Morgan fingerprint density at radius 1 is 1.32 bits per heavy atom. The zero-order valence-corrected chi connectivity index (χ0v) is 11.3. The molecule has 4 heteroatoms. The summed E-state index contributed by atoms with van der Waals surface area (Å²) in [5.74, 6) is 1.50. The van der Waals surface area contributed by atoms with E-state index in [1.165, 1.54) is 0 Å². The molecule has 19 heavy (non-hydrogen) atoms. The number of methoxy groups -OCH3 is 1. The molecule has 1 aromatic rings. The lowest BCUT2D eigenvalue weighted by Gasteiger charge is -2.24. The molecule has 1 heterocycles. The first-order chi connectivity index (χ1) is 9.33. The van der Waals surface area contributed by atoms with Gasteiger partial charge in [0, 0.05) is 19.3 Å². The highest BCUT2D eigenvalue weighted by atomic mass is 16.5. The van der Waals surface area contributed by atoms with Crippen molar-refractivity contribution in [2.75, 3.05) is 20.3 Å². The molecule has 1 aliphatic heterocycles. The van der Waals surface area contributed by atoms with Gasteiger partial charge >= 0.3 is 0 Å². The molecule has 0 atom stereocenters. The maximum atomic E-state index is 10.4. The maximum absolute atomic E-state index is 10.4. The number of aryl methyl sites for hydroxylation is 1. The van der Waals surface area contributed by atoms with Gasteiger partial charge in [-0.25, -0.2) is 0 Å². The van der Waals surface area contributed by atoms with Crippen molar-refractivity contribution >= 4 is 6.29 Å². The number of carbonyl (C=O) groups is 1. The third kappa shape index (κ3) is 3.96. The van der Waals surface area contributed by atoms with E-state index in [-0.39, 0.29) is 6.10 Å². The topological polar surface area (TPSA) is 44.8 Å². The molecule has 0 spiro atoms. The maximum Gasteiger partial charge on any atom is 0.161 e. The van der Waals surface area contributed by atoms with Crippen molar-refractivity contribution in [3.05, 3.63) is 23.8 Å². The SMILES string of the molecule is COc1ccc(CCC=O)cc1OC1CCOCC1. The number of aldehydes is 1. The van der Waals surface area contributed by atoms with Crippen LogP contribution in [-0.4, -0.2) is 32.7 Å². The molecule has 1 fully saturated rings. The van der Waals surface area contributed by atoms with Crippen LogP contribution in [0.3, 0.4) is 0 Å². The van der Waals surface area contributed by atoms with E-state index in [1.807, 2.05) is 18.2 Å². The van der Waals surface area contributed by atoms with Crippen LogP contribution in [0.15, 0.2) is 18.2 Å². The minimum Gasteiger partial charge on any atom is -0.493 e. The van der Waals surface area contributed by atoms with Gasteiger partial charge in [0.2, 0.25) is 0 Å². The molecule has 0 saturated carbocycles. The number of benzene rings is 1. The molecule has 4 nitrogen and oxygen atoms in total. The quantitative estimate of drug-likeness (QED) is 0.740. The highest BCUT2D eigenvalue weighted by Crippen LogP contribution is 2.30. The van der Waals surface area contributed by atoms with Crippen LogP contribution in [0.5, 0.6) is 11.5 Å². The van der Waals surface area contributed by atoms with Gasteiger partial charge < -0.3 is 19.0 Å². The Morgan fingerprint density at radius 3 is 2.79 bits per heavy atom. The van der Waals surface area contributed by atoms with Crippen LogP contribution < -0.4 is 9.47 Å². The van der Waals surface area contributed by atoms with Crippen LogP contribution in [0, 0.1) is 0 Å². The number of hydrogen-bond donors (Lipinski definition) is 0. The third-order valence-electron chi connectivity index (χ3n) is 3.24. The van der Waals surface area contributed by atoms with Crippen LogP contribution in [0.4, 0.5) is 0 Å². The molecule has 0 radical (unpaired) electrons. The van der Waals surface area contributed by atoms with Gasteiger partial charge in [-0.05, 0) is 24.1 Å². The highest BCUT2D eigenvalue weighted by molar-refractivity contribution is 5.51. The molecule has 0 N–H and O–H groups in total. The minimum atomic E-state index is 0.184. The number of hydrogen-bond acceptors (Lipinski definition) is 4. The molecule has 0 aliphatic carbocycles. The van der Waals surface area contributed by atoms with Gasteiger partial charge in [0.1, 0.15) is 12.4 Å². The zero-order chi connectivity index (χ0) is 13.5. The summed E-state index contributed by atoms with van der Waals surface area (Å²) < 4.78 is 16.6. The Balaban J connectivity index is 2.08. The predicted octanol–water partition coefficient (Wildman–Crippen LogP) is 2.38. The Morgan fingerprint density at radius 2 is 2.11 bits per heavy atom. The summed E-state index contributed by atoms with van der Waals surface area (Å²) in [7, 11) is 1.64. The first-order valence-electron chi connectivity index (χ1n) is 6.68. The van der Waals surface area contributed by atoms with E-state index in [1.54, 1.807) is 7.11 Å². The van der Waals surface area contributed by atoms with E-state index >= 15 is 0 Å². The third-order valence-corrected chi connectivity index (χ3v) is 3.24. The van der Waals surface area contributed by atoms with Crippen molar-refractivity contribution in [2.45, 2.75) is 31.8 Å². The van der Waals surface area contributed by atoms with Crippen LogP contribution in [0.2, 0.25) is 0 Å². The van der Waals surface area contributed by atoms with Crippen molar-refractivity contribution < 1.29 is 19.0 Å². The van der Waals surface area contributed by atoms with E-state index in [4.69, 9.17) is 14.2 Å². The molecule has 104 valence electrons. The molecule has 2 rings (SSSR count). The lowest BCUT2D eigenvalue weighted by atomic mass is 10.1. The van der Waals surface area contributed by atoms with E-state index < -0.39 is 0 Å². The van der Waals surface area contributed by atoms with Crippen molar-refractivity contribution in [1.29, 1.82) is 0 Å². The second-order valence-corrected chi connectivity index (χ2v) is 4.62. The average Bonchev–Trinajstić information content (AvgIpc) is 2.46. The van der Waals surface area contributed by atoms with Crippen LogP contribution in [-0.2, 0) is 16.0 Å². The molecule has 0 amide bonds. The van der Waals surface area contributed by atoms with Crippen LogP contribution >= 0.6 is 0 Å². The summed E-state index contributed by atoms with van der Waals surface area (Å²) in [6, 6.07) is 5.84. The van der Waals surface area contributed by atoms with E-state index in [0.717, 1.165) is 55.8 Å². The summed E-state index contributed by atoms with van der Waals surface area (Å²) >= 11 is 0. The van der Waals surface area contributed by atoms with Gasteiger partial charge in [-0.1, -0.05) is 6.07 Å². The smallest absolute Gasteiger partial charge is 0.161 e.